The van der Waals surface area contributed by atoms with Gasteiger partial charge in [-0.2, -0.15) is 13.2 Å². The zero-order valence-corrected chi connectivity index (χ0v) is 14.3. The molecule has 0 saturated heterocycles. The molecule has 0 unspecified atom stereocenters. The third-order valence-corrected chi connectivity index (χ3v) is 3.77. The number of carbonyl (C=O) groups is 1. The first-order chi connectivity index (χ1) is 12.3. The van der Waals surface area contributed by atoms with Crippen LogP contribution in [-0.2, 0) is 17.4 Å². The zero-order chi connectivity index (χ0) is 19.3. The average Bonchev–Trinajstić information content (AvgIpc) is 2.62. The van der Waals surface area contributed by atoms with Gasteiger partial charge in [-0.1, -0.05) is 12.1 Å². The van der Waals surface area contributed by atoms with Gasteiger partial charge in [-0.15, -0.1) is 0 Å². The standard InChI is InChI=1S/C17H19F3N4O2/c1-3-24(4-2)14-9-13(10-15(25)23-26)21-16(22-14)11-6-5-7-12(8-11)17(18,19)20/h5-9,26H,3-4,10H2,1-2H3,(H,23,25). The molecule has 2 rings (SSSR count). The van der Waals surface area contributed by atoms with Crippen molar-refractivity contribution >= 4 is 11.7 Å². The highest BCUT2D eigenvalue weighted by atomic mass is 19.4. The Bertz CT molecular complexity index is 777. The predicted molar refractivity (Wildman–Crippen MR) is 89.7 cm³/mol. The maximum absolute atomic E-state index is 13.0. The number of nitrogens with one attached hydrogen (secondary N) is 1. The second-order valence-corrected chi connectivity index (χ2v) is 5.50. The van der Waals surface area contributed by atoms with Crippen molar-refractivity contribution in [3.63, 3.8) is 0 Å². The summed E-state index contributed by atoms with van der Waals surface area (Å²) in [4.78, 5) is 21.9. The van der Waals surface area contributed by atoms with Crippen molar-refractivity contribution in [1.29, 1.82) is 0 Å². The Balaban J connectivity index is 2.54. The van der Waals surface area contributed by atoms with E-state index in [4.69, 9.17) is 5.21 Å². The van der Waals surface area contributed by atoms with Crippen LogP contribution in [0.5, 0.6) is 0 Å². The quantitative estimate of drug-likeness (QED) is 0.605. The highest BCUT2D eigenvalue weighted by Gasteiger charge is 2.30. The van der Waals surface area contributed by atoms with E-state index in [2.05, 4.69) is 9.97 Å². The maximum Gasteiger partial charge on any atom is 0.416 e. The van der Waals surface area contributed by atoms with E-state index in [1.807, 2.05) is 18.7 Å². The van der Waals surface area contributed by atoms with Crippen molar-refractivity contribution in [3.05, 3.63) is 41.6 Å². The lowest BCUT2D eigenvalue weighted by Crippen LogP contribution is -2.25. The van der Waals surface area contributed by atoms with E-state index >= 15 is 0 Å². The molecule has 0 aliphatic carbocycles. The molecular weight excluding hydrogens is 349 g/mol. The van der Waals surface area contributed by atoms with Gasteiger partial charge in [-0.05, 0) is 26.0 Å². The molecule has 1 amide bonds. The van der Waals surface area contributed by atoms with Gasteiger partial charge in [0.15, 0.2) is 5.82 Å². The molecule has 0 fully saturated rings. The Kier molecular flexibility index (Phi) is 6.14. The van der Waals surface area contributed by atoms with Crippen LogP contribution in [0.3, 0.4) is 0 Å². The molecule has 1 aromatic heterocycles. The van der Waals surface area contributed by atoms with Crippen molar-refractivity contribution < 1.29 is 23.2 Å². The Labute approximate surface area is 148 Å². The van der Waals surface area contributed by atoms with Crippen LogP contribution in [0.4, 0.5) is 19.0 Å². The van der Waals surface area contributed by atoms with Crippen LogP contribution >= 0.6 is 0 Å². The first kappa shape index (κ1) is 19.6. The van der Waals surface area contributed by atoms with Gasteiger partial charge >= 0.3 is 6.18 Å². The zero-order valence-electron chi connectivity index (χ0n) is 14.3. The fraction of sp³-hybridized carbons (Fsp3) is 0.353. The SMILES string of the molecule is CCN(CC)c1cc(CC(=O)NO)nc(-c2cccc(C(F)(F)F)c2)n1. The van der Waals surface area contributed by atoms with Gasteiger partial charge in [-0.25, -0.2) is 15.4 Å². The summed E-state index contributed by atoms with van der Waals surface area (Å²) >= 11 is 0. The van der Waals surface area contributed by atoms with E-state index in [0.29, 0.717) is 24.6 Å². The van der Waals surface area contributed by atoms with Gasteiger partial charge in [0.05, 0.1) is 17.7 Å². The molecule has 140 valence electrons. The Morgan fingerprint density at radius 2 is 1.88 bits per heavy atom. The number of amides is 1. The number of alkyl halides is 3. The number of aromatic nitrogens is 2. The summed E-state index contributed by atoms with van der Waals surface area (Å²) in [5.74, 6) is -0.0939. The number of anilines is 1. The third kappa shape index (κ3) is 4.69. The monoisotopic (exact) mass is 368 g/mol. The van der Waals surface area contributed by atoms with Gasteiger partial charge in [-0.3, -0.25) is 10.0 Å². The molecule has 6 nitrogen and oxygen atoms in total. The lowest BCUT2D eigenvalue weighted by Gasteiger charge is -2.21. The Hall–Kier alpha value is -2.68. The van der Waals surface area contributed by atoms with Crippen molar-refractivity contribution in [2.75, 3.05) is 18.0 Å². The number of hydrogen-bond acceptors (Lipinski definition) is 5. The number of carbonyl (C=O) groups excluding carboxylic acids is 1. The van der Waals surface area contributed by atoms with Crippen LogP contribution in [0, 0.1) is 0 Å². The number of hydroxylamine groups is 1. The van der Waals surface area contributed by atoms with E-state index < -0.39 is 17.6 Å². The van der Waals surface area contributed by atoms with Gasteiger partial charge in [0, 0.05) is 24.7 Å². The van der Waals surface area contributed by atoms with Crippen molar-refractivity contribution in [3.8, 4) is 11.4 Å². The highest BCUT2D eigenvalue weighted by molar-refractivity contribution is 5.77. The van der Waals surface area contributed by atoms with E-state index in [9.17, 15) is 18.0 Å². The van der Waals surface area contributed by atoms with E-state index in [1.165, 1.54) is 17.6 Å². The summed E-state index contributed by atoms with van der Waals surface area (Å²) in [7, 11) is 0. The van der Waals surface area contributed by atoms with Crippen molar-refractivity contribution in [2.24, 2.45) is 0 Å². The molecule has 2 aromatic rings. The van der Waals surface area contributed by atoms with Gasteiger partial charge in [0.1, 0.15) is 5.82 Å². The fourth-order valence-electron chi connectivity index (χ4n) is 2.45. The largest absolute Gasteiger partial charge is 0.416 e. The van der Waals surface area contributed by atoms with Crippen LogP contribution in [0.2, 0.25) is 0 Å². The van der Waals surface area contributed by atoms with Crippen LogP contribution in [0.1, 0.15) is 25.1 Å². The summed E-state index contributed by atoms with van der Waals surface area (Å²) in [6.07, 6.45) is -4.70. The van der Waals surface area contributed by atoms with Gasteiger partial charge < -0.3 is 4.90 Å². The molecular formula is C17H19F3N4O2. The molecule has 0 saturated carbocycles. The van der Waals surface area contributed by atoms with Crippen molar-refractivity contribution in [1.82, 2.24) is 15.4 Å². The Morgan fingerprint density at radius 3 is 2.46 bits per heavy atom. The summed E-state index contributed by atoms with van der Waals surface area (Å²) in [6.45, 7) is 5.08. The van der Waals surface area contributed by atoms with Crippen LogP contribution in [0.15, 0.2) is 30.3 Å². The first-order valence-electron chi connectivity index (χ1n) is 8.02. The van der Waals surface area contributed by atoms with Gasteiger partial charge in [0.25, 0.3) is 0 Å². The van der Waals surface area contributed by atoms with E-state index in [1.54, 1.807) is 6.07 Å². The van der Waals surface area contributed by atoms with Crippen molar-refractivity contribution in [2.45, 2.75) is 26.4 Å². The molecule has 0 spiro atoms. The summed E-state index contributed by atoms with van der Waals surface area (Å²) in [6, 6.07) is 6.28. The summed E-state index contributed by atoms with van der Waals surface area (Å²) in [5.41, 5.74) is 1.20. The molecule has 26 heavy (non-hydrogen) atoms. The first-order valence-corrected chi connectivity index (χ1v) is 8.02. The Morgan fingerprint density at radius 1 is 1.19 bits per heavy atom. The third-order valence-electron chi connectivity index (χ3n) is 3.77. The highest BCUT2D eigenvalue weighted by Crippen LogP contribution is 2.31. The molecule has 1 aromatic carbocycles. The topological polar surface area (TPSA) is 78.4 Å². The van der Waals surface area contributed by atoms with Crippen LogP contribution < -0.4 is 10.4 Å². The summed E-state index contributed by atoms with van der Waals surface area (Å²) < 4.78 is 38.9. The second kappa shape index (κ2) is 8.13. The molecule has 0 radical (unpaired) electrons. The molecule has 0 bridgehead atoms. The predicted octanol–water partition coefficient (Wildman–Crippen LogP) is 3.06. The minimum Gasteiger partial charge on any atom is -0.357 e. The number of hydrogen-bond donors (Lipinski definition) is 2. The lowest BCUT2D eigenvalue weighted by molar-refractivity contribution is -0.137. The number of rotatable bonds is 6. The minimum absolute atomic E-state index is 0.0845. The minimum atomic E-state index is -4.48. The average molecular weight is 368 g/mol. The number of benzene rings is 1. The summed E-state index contributed by atoms with van der Waals surface area (Å²) in [5, 5.41) is 8.70. The molecule has 0 aliphatic rings. The number of halogens is 3. The van der Waals surface area contributed by atoms with E-state index in [0.717, 1.165) is 12.1 Å². The molecule has 0 aliphatic heterocycles. The van der Waals surface area contributed by atoms with Gasteiger partial charge in [0.2, 0.25) is 5.91 Å². The molecule has 2 N–H and O–H groups in total. The molecule has 1 heterocycles. The van der Waals surface area contributed by atoms with Crippen LogP contribution in [0.25, 0.3) is 11.4 Å². The molecule has 0 atom stereocenters. The van der Waals surface area contributed by atoms with Crippen LogP contribution in [-0.4, -0.2) is 34.2 Å². The number of nitrogens with zero attached hydrogens (tertiary/aromatic N) is 3. The lowest BCUT2D eigenvalue weighted by atomic mass is 10.1. The smallest absolute Gasteiger partial charge is 0.357 e. The maximum atomic E-state index is 13.0. The second-order valence-electron chi connectivity index (χ2n) is 5.50. The molecule has 9 heteroatoms. The fourth-order valence-corrected chi connectivity index (χ4v) is 2.45. The van der Waals surface area contributed by atoms with E-state index in [-0.39, 0.29) is 17.8 Å². The normalized spacial score (nSPS) is 11.3.